The Bertz CT molecular complexity index is 436. The fraction of sp³-hybridized carbons (Fsp3) is 0.364. The summed E-state index contributed by atoms with van der Waals surface area (Å²) in [5.41, 5.74) is -0.305. The number of rotatable bonds is 2. The zero-order valence-electron chi connectivity index (χ0n) is 7.96. The molecule has 0 heterocycles. The highest BCUT2D eigenvalue weighted by atomic mass is 35.5. The highest BCUT2D eigenvalue weighted by Crippen LogP contribution is 2.46. The van der Waals surface area contributed by atoms with E-state index >= 15 is 0 Å². The number of hydrogen-bond acceptors (Lipinski definition) is 2. The molecular weight excluding hydrogens is 217 g/mol. The Labute approximate surface area is 91.8 Å². The number of isocyanates is 1. The average molecular weight is 226 g/mol. The molecule has 0 aliphatic heterocycles. The van der Waals surface area contributed by atoms with Crippen LogP contribution in [0, 0.1) is 5.82 Å². The van der Waals surface area contributed by atoms with Gasteiger partial charge in [0.1, 0.15) is 11.4 Å². The quantitative estimate of drug-likeness (QED) is 0.561. The second-order valence-electron chi connectivity index (χ2n) is 3.69. The van der Waals surface area contributed by atoms with E-state index in [0.29, 0.717) is 18.4 Å². The van der Waals surface area contributed by atoms with E-state index in [0.717, 1.165) is 6.42 Å². The van der Waals surface area contributed by atoms with Gasteiger partial charge in [0.05, 0.1) is 5.02 Å². The Kier molecular flexibility index (Phi) is 2.59. The number of carbonyl (C=O) groups excluding carboxylic acids is 1. The molecule has 0 aromatic heterocycles. The summed E-state index contributed by atoms with van der Waals surface area (Å²) in [5, 5.41) is 0.0693. The van der Waals surface area contributed by atoms with Gasteiger partial charge in [-0.2, -0.15) is 4.99 Å². The smallest absolute Gasteiger partial charge is 0.211 e. The molecule has 0 amide bonds. The summed E-state index contributed by atoms with van der Waals surface area (Å²) in [7, 11) is 0. The fourth-order valence-corrected chi connectivity index (χ4v) is 2.08. The minimum absolute atomic E-state index is 0.0693. The molecule has 1 fully saturated rings. The van der Waals surface area contributed by atoms with Gasteiger partial charge in [-0.05, 0) is 25.3 Å². The Morgan fingerprint density at radius 3 is 2.73 bits per heavy atom. The Morgan fingerprint density at radius 2 is 2.20 bits per heavy atom. The van der Waals surface area contributed by atoms with Crippen molar-refractivity contribution in [2.24, 2.45) is 4.99 Å². The van der Waals surface area contributed by atoms with E-state index in [9.17, 15) is 9.18 Å². The van der Waals surface area contributed by atoms with Crippen LogP contribution in [-0.2, 0) is 10.3 Å². The molecule has 0 saturated heterocycles. The summed E-state index contributed by atoms with van der Waals surface area (Å²) in [5.74, 6) is -0.474. The third-order valence-electron chi connectivity index (χ3n) is 2.89. The third-order valence-corrected chi connectivity index (χ3v) is 3.19. The monoisotopic (exact) mass is 225 g/mol. The van der Waals surface area contributed by atoms with Crippen LogP contribution in [0.1, 0.15) is 24.8 Å². The molecule has 4 heteroatoms. The topological polar surface area (TPSA) is 29.4 Å². The molecule has 1 saturated carbocycles. The van der Waals surface area contributed by atoms with Crippen LogP contribution in [0.5, 0.6) is 0 Å². The molecule has 0 bridgehead atoms. The second-order valence-corrected chi connectivity index (χ2v) is 4.10. The average Bonchev–Trinajstić information content (AvgIpc) is 2.17. The van der Waals surface area contributed by atoms with E-state index < -0.39 is 11.4 Å². The van der Waals surface area contributed by atoms with Gasteiger partial charge in [0, 0.05) is 5.56 Å². The van der Waals surface area contributed by atoms with Crippen molar-refractivity contribution in [1.29, 1.82) is 0 Å². The maximum atomic E-state index is 13.7. The lowest BCUT2D eigenvalue weighted by molar-refractivity contribution is 0.247. The number of nitrogens with zero attached hydrogens (tertiary/aromatic N) is 1. The van der Waals surface area contributed by atoms with Crippen molar-refractivity contribution in [2.75, 3.05) is 0 Å². The van der Waals surface area contributed by atoms with Crippen LogP contribution in [0.2, 0.25) is 5.02 Å². The molecule has 0 atom stereocenters. The molecule has 78 valence electrons. The first-order chi connectivity index (χ1) is 7.19. The van der Waals surface area contributed by atoms with Crippen molar-refractivity contribution in [1.82, 2.24) is 0 Å². The van der Waals surface area contributed by atoms with E-state index in [-0.39, 0.29) is 5.02 Å². The predicted octanol–water partition coefficient (Wildman–Crippen LogP) is 3.19. The van der Waals surface area contributed by atoms with Gasteiger partial charge < -0.3 is 0 Å². The zero-order valence-corrected chi connectivity index (χ0v) is 8.72. The van der Waals surface area contributed by atoms with E-state index in [1.807, 2.05) is 0 Å². The summed E-state index contributed by atoms with van der Waals surface area (Å²) >= 11 is 5.69. The van der Waals surface area contributed by atoms with Gasteiger partial charge in [-0.1, -0.05) is 23.7 Å². The summed E-state index contributed by atoms with van der Waals surface area (Å²) in [6.07, 6.45) is 3.82. The SMILES string of the molecule is O=C=NC1(c2cccc(Cl)c2F)CCC1. The van der Waals surface area contributed by atoms with Gasteiger partial charge in [0.15, 0.2) is 0 Å². The van der Waals surface area contributed by atoms with Gasteiger partial charge >= 0.3 is 0 Å². The first-order valence-corrected chi connectivity index (χ1v) is 5.11. The number of benzene rings is 1. The predicted molar refractivity (Wildman–Crippen MR) is 55.1 cm³/mol. The van der Waals surface area contributed by atoms with Gasteiger partial charge in [-0.25, -0.2) is 9.18 Å². The second kappa shape index (κ2) is 3.76. The summed E-state index contributed by atoms with van der Waals surface area (Å²) in [4.78, 5) is 14.1. The minimum Gasteiger partial charge on any atom is -0.211 e. The van der Waals surface area contributed by atoms with Crippen LogP contribution in [0.25, 0.3) is 0 Å². The van der Waals surface area contributed by atoms with E-state index in [2.05, 4.69) is 4.99 Å². The van der Waals surface area contributed by atoms with E-state index in [4.69, 9.17) is 11.6 Å². The Balaban J connectivity index is 2.52. The first kappa shape index (κ1) is 10.3. The highest BCUT2D eigenvalue weighted by Gasteiger charge is 2.41. The molecular formula is C11H9ClFNO. The van der Waals surface area contributed by atoms with Crippen molar-refractivity contribution in [3.63, 3.8) is 0 Å². The maximum absolute atomic E-state index is 13.7. The molecule has 15 heavy (non-hydrogen) atoms. The molecule has 1 aliphatic carbocycles. The number of aliphatic imine (C=N–C) groups is 1. The van der Waals surface area contributed by atoms with Crippen LogP contribution in [0.15, 0.2) is 23.2 Å². The molecule has 2 rings (SSSR count). The molecule has 1 aliphatic rings. The van der Waals surface area contributed by atoms with Gasteiger partial charge in [0.2, 0.25) is 6.08 Å². The lowest BCUT2D eigenvalue weighted by atomic mass is 9.72. The molecule has 2 nitrogen and oxygen atoms in total. The normalized spacial score (nSPS) is 17.7. The molecule has 0 spiro atoms. The fourth-order valence-electron chi connectivity index (χ4n) is 1.90. The number of hydrogen-bond donors (Lipinski definition) is 0. The maximum Gasteiger partial charge on any atom is 0.235 e. The number of halogens is 2. The van der Waals surface area contributed by atoms with Crippen molar-refractivity contribution in [3.05, 3.63) is 34.6 Å². The van der Waals surface area contributed by atoms with Crippen molar-refractivity contribution in [3.8, 4) is 0 Å². The van der Waals surface area contributed by atoms with Crippen LogP contribution < -0.4 is 0 Å². The summed E-state index contributed by atoms with van der Waals surface area (Å²) < 4.78 is 13.7. The van der Waals surface area contributed by atoms with Gasteiger partial charge in [-0.15, -0.1) is 0 Å². The molecule has 0 N–H and O–H groups in total. The lowest BCUT2D eigenvalue weighted by Gasteiger charge is -2.37. The molecule has 1 aromatic rings. The van der Waals surface area contributed by atoms with Crippen LogP contribution in [0.3, 0.4) is 0 Å². The molecule has 0 radical (unpaired) electrons. The standard InChI is InChI=1S/C11H9ClFNO/c12-9-4-1-3-8(10(9)13)11(14-7-15)5-2-6-11/h1,3-4H,2,5-6H2. The summed E-state index contributed by atoms with van der Waals surface area (Å²) in [6.45, 7) is 0. The van der Waals surface area contributed by atoms with E-state index in [1.165, 1.54) is 12.1 Å². The van der Waals surface area contributed by atoms with Crippen molar-refractivity contribution < 1.29 is 9.18 Å². The zero-order chi connectivity index (χ0) is 10.9. The lowest BCUT2D eigenvalue weighted by Crippen LogP contribution is -2.33. The highest BCUT2D eigenvalue weighted by molar-refractivity contribution is 6.30. The van der Waals surface area contributed by atoms with Crippen molar-refractivity contribution >= 4 is 17.7 Å². The Hall–Kier alpha value is -1.18. The Morgan fingerprint density at radius 1 is 1.47 bits per heavy atom. The van der Waals surface area contributed by atoms with Gasteiger partial charge in [-0.3, -0.25) is 0 Å². The van der Waals surface area contributed by atoms with Crippen LogP contribution in [-0.4, -0.2) is 6.08 Å². The molecule has 0 unspecified atom stereocenters. The summed E-state index contributed by atoms with van der Waals surface area (Å²) in [6, 6.07) is 4.78. The molecule has 1 aromatic carbocycles. The van der Waals surface area contributed by atoms with Crippen molar-refractivity contribution in [2.45, 2.75) is 24.8 Å². The van der Waals surface area contributed by atoms with Crippen LogP contribution >= 0.6 is 11.6 Å². The third kappa shape index (κ3) is 1.58. The first-order valence-electron chi connectivity index (χ1n) is 4.73. The van der Waals surface area contributed by atoms with Gasteiger partial charge in [0.25, 0.3) is 0 Å². The minimum atomic E-state index is -0.712. The van der Waals surface area contributed by atoms with Crippen LogP contribution in [0.4, 0.5) is 4.39 Å². The largest absolute Gasteiger partial charge is 0.235 e. The van der Waals surface area contributed by atoms with E-state index in [1.54, 1.807) is 12.1 Å².